The highest BCUT2D eigenvalue weighted by molar-refractivity contribution is 9.10. The van der Waals surface area contributed by atoms with Crippen LogP contribution >= 0.6 is 15.9 Å². The Morgan fingerprint density at radius 3 is 2.76 bits per heavy atom. The number of carboxylic acids is 1. The van der Waals surface area contributed by atoms with Crippen molar-refractivity contribution in [3.8, 4) is 17.6 Å². The topological polar surface area (TPSA) is 46.5 Å². The second kappa shape index (κ2) is 7.76. The average molecular weight is 399 g/mol. The van der Waals surface area contributed by atoms with E-state index >= 15 is 0 Å². The van der Waals surface area contributed by atoms with Crippen LogP contribution in [0.3, 0.4) is 0 Å². The van der Waals surface area contributed by atoms with Crippen molar-refractivity contribution >= 4 is 21.9 Å². The van der Waals surface area contributed by atoms with Crippen LogP contribution in [0, 0.1) is 11.8 Å². The molecule has 0 heterocycles. The standard InChI is InChI=1S/C21H19BrO3/c1-2-3-16(12-21(23)24)14-5-9-18(10-6-14)25-20-11-7-15-4-8-17(22)13-19(15)20/h4-6,8-10,13,16,20H,7,11-12H2,1H3,(H,23,24)/t16-,20?/m0/s1. The highest BCUT2D eigenvalue weighted by atomic mass is 79.9. The fourth-order valence-corrected chi connectivity index (χ4v) is 3.58. The van der Waals surface area contributed by atoms with Gasteiger partial charge in [-0.1, -0.05) is 40.0 Å². The average Bonchev–Trinajstić information content (AvgIpc) is 2.97. The molecule has 128 valence electrons. The molecule has 0 fully saturated rings. The third kappa shape index (κ3) is 4.24. The van der Waals surface area contributed by atoms with Gasteiger partial charge in [-0.05, 0) is 60.7 Å². The number of ether oxygens (including phenoxy) is 1. The van der Waals surface area contributed by atoms with Gasteiger partial charge in [0.2, 0.25) is 0 Å². The molecule has 3 nitrogen and oxygen atoms in total. The number of aryl methyl sites for hydroxylation is 1. The predicted molar refractivity (Wildman–Crippen MR) is 101 cm³/mol. The van der Waals surface area contributed by atoms with Crippen LogP contribution in [0.25, 0.3) is 0 Å². The Morgan fingerprint density at radius 1 is 1.32 bits per heavy atom. The second-order valence-electron chi connectivity index (χ2n) is 6.10. The molecule has 0 bridgehead atoms. The summed E-state index contributed by atoms with van der Waals surface area (Å²) in [7, 11) is 0. The highest BCUT2D eigenvalue weighted by Gasteiger charge is 2.24. The molecule has 0 saturated heterocycles. The molecule has 2 aromatic rings. The smallest absolute Gasteiger partial charge is 0.304 e. The molecular formula is C21H19BrO3. The summed E-state index contributed by atoms with van der Waals surface area (Å²) >= 11 is 3.52. The molecule has 0 radical (unpaired) electrons. The van der Waals surface area contributed by atoms with E-state index in [1.165, 1.54) is 11.1 Å². The first-order chi connectivity index (χ1) is 12.1. The van der Waals surface area contributed by atoms with E-state index in [1.54, 1.807) is 6.92 Å². The van der Waals surface area contributed by atoms with Crippen LogP contribution in [0.5, 0.6) is 5.75 Å². The summed E-state index contributed by atoms with van der Waals surface area (Å²) in [4.78, 5) is 11.0. The zero-order chi connectivity index (χ0) is 17.8. The Labute approximate surface area is 156 Å². The van der Waals surface area contributed by atoms with Crippen molar-refractivity contribution in [1.82, 2.24) is 0 Å². The van der Waals surface area contributed by atoms with Crippen molar-refractivity contribution in [1.29, 1.82) is 0 Å². The number of halogens is 1. The van der Waals surface area contributed by atoms with Crippen LogP contribution in [-0.2, 0) is 11.2 Å². The van der Waals surface area contributed by atoms with E-state index in [0.29, 0.717) is 0 Å². The highest BCUT2D eigenvalue weighted by Crippen LogP contribution is 2.36. The van der Waals surface area contributed by atoms with Crippen molar-refractivity contribution in [2.75, 3.05) is 0 Å². The second-order valence-corrected chi connectivity index (χ2v) is 7.02. The Balaban J connectivity index is 1.74. The molecule has 1 unspecified atom stereocenters. The summed E-state index contributed by atoms with van der Waals surface area (Å²) in [5.41, 5.74) is 3.47. The number of hydrogen-bond acceptors (Lipinski definition) is 2. The Morgan fingerprint density at radius 2 is 2.08 bits per heavy atom. The van der Waals surface area contributed by atoms with Gasteiger partial charge in [-0.2, -0.15) is 0 Å². The van der Waals surface area contributed by atoms with Crippen molar-refractivity contribution in [3.63, 3.8) is 0 Å². The van der Waals surface area contributed by atoms with Crippen LogP contribution in [0.2, 0.25) is 0 Å². The SMILES string of the molecule is CC#C[C@@H](CC(=O)O)c1ccc(OC2CCc3ccc(Br)cc32)cc1. The molecule has 0 saturated carbocycles. The predicted octanol–water partition coefficient (Wildman–Crippen LogP) is 5.10. The number of fused-ring (bicyclic) bond motifs is 1. The molecule has 1 aliphatic carbocycles. The minimum atomic E-state index is -0.846. The molecule has 3 rings (SSSR count). The lowest BCUT2D eigenvalue weighted by molar-refractivity contribution is -0.137. The van der Waals surface area contributed by atoms with Crippen molar-refractivity contribution < 1.29 is 14.6 Å². The van der Waals surface area contributed by atoms with E-state index < -0.39 is 5.97 Å². The maximum atomic E-state index is 11.0. The van der Waals surface area contributed by atoms with E-state index in [-0.39, 0.29) is 18.4 Å². The molecule has 25 heavy (non-hydrogen) atoms. The van der Waals surface area contributed by atoms with Gasteiger partial charge in [0.15, 0.2) is 0 Å². The van der Waals surface area contributed by atoms with Crippen LogP contribution in [-0.4, -0.2) is 11.1 Å². The van der Waals surface area contributed by atoms with Gasteiger partial charge in [0.05, 0.1) is 12.3 Å². The minimum absolute atomic E-state index is 0.00503. The zero-order valence-electron chi connectivity index (χ0n) is 14.0. The summed E-state index contributed by atoms with van der Waals surface area (Å²) in [5, 5.41) is 9.04. The molecule has 1 aliphatic rings. The van der Waals surface area contributed by atoms with Crippen LogP contribution in [0.4, 0.5) is 0 Å². The summed E-state index contributed by atoms with van der Waals surface area (Å²) in [6, 6.07) is 13.9. The molecule has 0 aromatic heterocycles. The summed E-state index contributed by atoms with van der Waals surface area (Å²) in [6.45, 7) is 1.72. The quantitative estimate of drug-likeness (QED) is 0.712. The molecular weight excluding hydrogens is 380 g/mol. The molecule has 0 aliphatic heterocycles. The van der Waals surface area contributed by atoms with Crippen LogP contribution in [0.15, 0.2) is 46.9 Å². The van der Waals surface area contributed by atoms with Gasteiger partial charge < -0.3 is 9.84 Å². The fraction of sp³-hybridized carbons (Fsp3) is 0.286. The minimum Gasteiger partial charge on any atom is -0.486 e. The number of carbonyl (C=O) groups is 1. The normalized spacial score (nSPS) is 16.5. The molecule has 2 atom stereocenters. The molecule has 0 amide bonds. The van der Waals surface area contributed by atoms with E-state index in [0.717, 1.165) is 28.6 Å². The van der Waals surface area contributed by atoms with Gasteiger partial charge in [-0.3, -0.25) is 4.79 Å². The van der Waals surface area contributed by atoms with E-state index in [4.69, 9.17) is 9.84 Å². The number of benzene rings is 2. The van der Waals surface area contributed by atoms with Gasteiger partial charge in [0.25, 0.3) is 0 Å². The van der Waals surface area contributed by atoms with Gasteiger partial charge >= 0.3 is 5.97 Å². The maximum Gasteiger partial charge on any atom is 0.304 e. The van der Waals surface area contributed by atoms with Gasteiger partial charge in [0, 0.05) is 4.47 Å². The largest absolute Gasteiger partial charge is 0.486 e. The molecule has 0 spiro atoms. The van der Waals surface area contributed by atoms with Gasteiger partial charge in [0.1, 0.15) is 11.9 Å². The lowest BCUT2D eigenvalue weighted by atomic mass is 9.96. The van der Waals surface area contributed by atoms with Crippen molar-refractivity contribution in [2.24, 2.45) is 0 Å². The Bertz CT molecular complexity index is 830. The Kier molecular flexibility index (Phi) is 5.45. The van der Waals surface area contributed by atoms with Gasteiger partial charge in [-0.15, -0.1) is 5.92 Å². The zero-order valence-corrected chi connectivity index (χ0v) is 15.5. The van der Waals surface area contributed by atoms with E-state index in [1.807, 2.05) is 24.3 Å². The lowest BCUT2D eigenvalue weighted by Gasteiger charge is -2.16. The summed E-state index contributed by atoms with van der Waals surface area (Å²) in [6.07, 6.45) is 2.06. The maximum absolute atomic E-state index is 11.0. The van der Waals surface area contributed by atoms with E-state index in [2.05, 4.69) is 46.0 Å². The number of aliphatic carboxylic acids is 1. The van der Waals surface area contributed by atoms with Crippen molar-refractivity contribution in [3.05, 3.63) is 63.6 Å². The lowest BCUT2D eigenvalue weighted by Crippen LogP contribution is -2.06. The molecule has 2 aromatic carbocycles. The number of hydrogen-bond donors (Lipinski definition) is 1. The van der Waals surface area contributed by atoms with Crippen molar-refractivity contribution in [2.45, 2.75) is 38.2 Å². The van der Waals surface area contributed by atoms with Gasteiger partial charge in [-0.25, -0.2) is 0 Å². The molecule has 4 heteroatoms. The first-order valence-electron chi connectivity index (χ1n) is 8.26. The summed E-state index contributed by atoms with van der Waals surface area (Å²) < 4.78 is 7.22. The number of carboxylic acid groups (broad SMARTS) is 1. The monoisotopic (exact) mass is 398 g/mol. The number of rotatable bonds is 5. The van der Waals surface area contributed by atoms with Crippen LogP contribution < -0.4 is 4.74 Å². The first kappa shape index (κ1) is 17.6. The summed E-state index contributed by atoms with van der Waals surface area (Å²) in [5.74, 6) is 5.43. The fourth-order valence-electron chi connectivity index (χ4n) is 3.20. The van der Waals surface area contributed by atoms with Crippen LogP contribution in [0.1, 0.15) is 48.5 Å². The Hall–Kier alpha value is -2.25. The third-order valence-electron chi connectivity index (χ3n) is 4.39. The molecule has 1 N–H and O–H groups in total. The third-order valence-corrected chi connectivity index (χ3v) is 4.88. The first-order valence-corrected chi connectivity index (χ1v) is 9.05. The van der Waals surface area contributed by atoms with E-state index in [9.17, 15) is 4.79 Å².